The number of aliphatic hydroxyl groups is 1. The van der Waals surface area contributed by atoms with Crippen LogP contribution in [0.1, 0.15) is 310 Å². The van der Waals surface area contributed by atoms with Gasteiger partial charge in [-0.25, -0.2) is 9.13 Å². The van der Waals surface area contributed by atoms with Gasteiger partial charge in [-0.2, -0.15) is 0 Å². The average molecular weight is 1190 g/mol. The SMILES string of the molecule is CCCCCCCCCCCCCCCCCC(=O)OC[C@H](COP(=O)(O)OC[C@@H](O)COP(=O)(O)OC[C@@H](COC(=O)CCCCCCCCC)OC(=O)CCCCC)OC(=O)CCCCCCCCCCCCCCCCC. The number of phosphoric acid groups is 2. The molecule has 19 heteroatoms. The van der Waals surface area contributed by atoms with E-state index in [1.165, 1.54) is 141 Å². The van der Waals surface area contributed by atoms with Crippen molar-refractivity contribution in [2.75, 3.05) is 39.6 Å². The normalized spacial score (nSPS) is 14.2. The van der Waals surface area contributed by atoms with Gasteiger partial charge in [0.05, 0.1) is 26.4 Å². The van der Waals surface area contributed by atoms with Crippen LogP contribution in [0, 0.1) is 0 Å². The number of esters is 4. The van der Waals surface area contributed by atoms with Crippen molar-refractivity contribution in [3.8, 4) is 0 Å². The molecule has 0 aromatic carbocycles. The Morgan fingerprint density at radius 2 is 0.500 bits per heavy atom. The van der Waals surface area contributed by atoms with Crippen LogP contribution in [0.25, 0.3) is 0 Å². The summed E-state index contributed by atoms with van der Waals surface area (Å²) in [5.74, 6) is -2.16. The van der Waals surface area contributed by atoms with Gasteiger partial charge < -0.3 is 33.8 Å². The highest BCUT2D eigenvalue weighted by molar-refractivity contribution is 7.47. The summed E-state index contributed by atoms with van der Waals surface area (Å²) in [5, 5.41) is 10.5. The number of carbonyl (C=O) groups is 4. The first-order valence-electron chi connectivity index (χ1n) is 32.3. The molecular formula is C61H118O17P2. The van der Waals surface area contributed by atoms with Crippen molar-refractivity contribution in [3.63, 3.8) is 0 Å². The number of rotatable bonds is 62. The molecule has 2 unspecified atom stereocenters. The molecule has 0 aromatic rings. The molecule has 0 rings (SSSR count). The number of carbonyl (C=O) groups excluding carboxylic acids is 4. The van der Waals surface area contributed by atoms with Gasteiger partial charge in [0.1, 0.15) is 19.3 Å². The van der Waals surface area contributed by atoms with Crippen molar-refractivity contribution < 1.29 is 80.2 Å². The fraction of sp³-hybridized carbons (Fsp3) is 0.934. The molecule has 0 saturated carbocycles. The van der Waals surface area contributed by atoms with Crippen LogP contribution in [0.2, 0.25) is 0 Å². The van der Waals surface area contributed by atoms with E-state index in [1.54, 1.807) is 0 Å². The Kier molecular flexibility index (Phi) is 54.8. The standard InChI is InChI=1S/C61H118O17P2/c1-5-9-13-16-19-21-23-25-27-29-31-33-36-39-43-46-59(64)72-52-57(78-61(66)48-44-40-37-34-32-30-28-26-24-22-20-17-14-10-6-2)54-76-80(69,70)74-50-55(62)49-73-79(67,68)75-53-56(77-60(65)47-41-12-8-4)51-71-58(63)45-42-38-35-18-15-11-7-3/h55-57,62H,5-54H2,1-4H3,(H,67,68)(H,69,70)/t55-,56+,57+/m0/s1. The summed E-state index contributed by atoms with van der Waals surface area (Å²) in [6, 6.07) is 0. The fourth-order valence-electron chi connectivity index (χ4n) is 9.10. The molecule has 0 bridgehead atoms. The number of ether oxygens (including phenoxy) is 4. The second kappa shape index (κ2) is 56.2. The second-order valence-corrected chi connectivity index (χ2v) is 25.0. The minimum absolute atomic E-state index is 0.0900. The lowest BCUT2D eigenvalue weighted by molar-refractivity contribution is -0.161. The zero-order valence-electron chi connectivity index (χ0n) is 51.0. The van der Waals surface area contributed by atoms with Crippen LogP contribution in [0.15, 0.2) is 0 Å². The van der Waals surface area contributed by atoms with Gasteiger partial charge in [0, 0.05) is 25.7 Å². The molecule has 0 aliphatic heterocycles. The van der Waals surface area contributed by atoms with Gasteiger partial charge >= 0.3 is 39.5 Å². The van der Waals surface area contributed by atoms with Crippen molar-refractivity contribution in [1.29, 1.82) is 0 Å². The molecule has 0 radical (unpaired) electrons. The molecule has 474 valence electrons. The molecule has 5 atom stereocenters. The summed E-state index contributed by atoms with van der Waals surface area (Å²) in [5.41, 5.74) is 0. The summed E-state index contributed by atoms with van der Waals surface area (Å²) < 4.78 is 67.4. The van der Waals surface area contributed by atoms with Crippen LogP contribution in [-0.4, -0.2) is 96.7 Å². The largest absolute Gasteiger partial charge is 0.472 e. The predicted molar refractivity (Wildman–Crippen MR) is 317 cm³/mol. The van der Waals surface area contributed by atoms with Crippen molar-refractivity contribution in [2.45, 2.75) is 329 Å². The fourth-order valence-corrected chi connectivity index (χ4v) is 10.7. The van der Waals surface area contributed by atoms with Crippen LogP contribution in [0.4, 0.5) is 0 Å². The highest BCUT2D eigenvalue weighted by atomic mass is 31.2. The Balaban J connectivity index is 5.07. The first-order chi connectivity index (χ1) is 38.7. The molecule has 80 heavy (non-hydrogen) atoms. The van der Waals surface area contributed by atoms with Gasteiger partial charge in [-0.15, -0.1) is 0 Å². The van der Waals surface area contributed by atoms with Crippen LogP contribution >= 0.6 is 15.6 Å². The van der Waals surface area contributed by atoms with Crippen molar-refractivity contribution >= 4 is 39.5 Å². The predicted octanol–water partition coefficient (Wildman–Crippen LogP) is 16.8. The zero-order chi connectivity index (χ0) is 59.1. The average Bonchev–Trinajstić information content (AvgIpc) is 3.43. The molecule has 0 aliphatic carbocycles. The summed E-state index contributed by atoms with van der Waals surface area (Å²) in [6.07, 6.45) is 41.3. The van der Waals surface area contributed by atoms with E-state index < -0.39 is 97.5 Å². The number of hydrogen-bond acceptors (Lipinski definition) is 15. The van der Waals surface area contributed by atoms with Gasteiger partial charge in [-0.05, 0) is 25.7 Å². The third-order valence-electron chi connectivity index (χ3n) is 14.1. The van der Waals surface area contributed by atoms with E-state index in [2.05, 4.69) is 20.8 Å². The Morgan fingerprint density at radius 1 is 0.300 bits per heavy atom. The summed E-state index contributed by atoms with van der Waals surface area (Å²) in [7, 11) is -9.86. The van der Waals surface area contributed by atoms with Gasteiger partial charge in [-0.1, -0.05) is 259 Å². The monoisotopic (exact) mass is 1180 g/mol. The molecule has 0 fully saturated rings. The van der Waals surface area contributed by atoms with E-state index in [0.717, 1.165) is 89.9 Å². The highest BCUT2D eigenvalue weighted by Crippen LogP contribution is 2.45. The number of hydrogen-bond donors (Lipinski definition) is 3. The van der Waals surface area contributed by atoms with Crippen LogP contribution in [0.3, 0.4) is 0 Å². The lowest BCUT2D eigenvalue weighted by Crippen LogP contribution is -2.30. The Bertz CT molecular complexity index is 1550. The molecular weight excluding hydrogens is 1070 g/mol. The van der Waals surface area contributed by atoms with Gasteiger partial charge in [-0.3, -0.25) is 37.3 Å². The molecule has 0 spiro atoms. The van der Waals surface area contributed by atoms with E-state index in [9.17, 15) is 43.2 Å². The molecule has 0 saturated heterocycles. The summed E-state index contributed by atoms with van der Waals surface area (Å²) in [4.78, 5) is 71.5. The van der Waals surface area contributed by atoms with Crippen molar-refractivity contribution in [1.82, 2.24) is 0 Å². The minimum Gasteiger partial charge on any atom is -0.462 e. The number of phosphoric ester groups is 2. The van der Waals surface area contributed by atoms with E-state index in [0.29, 0.717) is 25.7 Å². The topological polar surface area (TPSA) is 237 Å². The molecule has 0 aromatic heterocycles. The maximum absolute atomic E-state index is 12.9. The minimum atomic E-state index is -4.94. The lowest BCUT2D eigenvalue weighted by atomic mass is 10.0. The van der Waals surface area contributed by atoms with Crippen LogP contribution in [0.5, 0.6) is 0 Å². The highest BCUT2D eigenvalue weighted by Gasteiger charge is 2.30. The van der Waals surface area contributed by atoms with Crippen molar-refractivity contribution in [3.05, 3.63) is 0 Å². The molecule has 0 heterocycles. The van der Waals surface area contributed by atoms with E-state index >= 15 is 0 Å². The molecule has 17 nitrogen and oxygen atoms in total. The van der Waals surface area contributed by atoms with Crippen molar-refractivity contribution in [2.24, 2.45) is 0 Å². The number of aliphatic hydroxyl groups excluding tert-OH is 1. The third-order valence-corrected chi connectivity index (χ3v) is 16.0. The first kappa shape index (κ1) is 78.1. The van der Waals surface area contributed by atoms with E-state index in [4.69, 9.17) is 37.0 Å². The Morgan fingerprint density at radius 3 is 0.762 bits per heavy atom. The second-order valence-electron chi connectivity index (χ2n) is 22.1. The summed E-state index contributed by atoms with van der Waals surface area (Å²) >= 11 is 0. The summed E-state index contributed by atoms with van der Waals surface area (Å²) in [6.45, 7) is 4.65. The molecule has 3 N–H and O–H groups in total. The van der Waals surface area contributed by atoms with E-state index in [-0.39, 0.29) is 25.7 Å². The quantitative estimate of drug-likeness (QED) is 0.0222. The van der Waals surface area contributed by atoms with Gasteiger partial charge in [0.25, 0.3) is 0 Å². The lowest BCUT2D eigenvalue weighted by Gasteiger charge is -2.21. The third kappa shape index (κ3) is 55.3. The number of unbranched alkanes of at least 4 members (excludes halogenated alkanes) is 36. The smallest absolute Gasteiger partial charge is 0.462 e. The van der Waals surface area contributed by atoms with Crippen LogP contribution in [-0.2, 0) is 65.4 Å². The molecule has 0 amide bonds. The maximum Gasteiger partial charge on any atom is 0.472 e. The van der Waals surface area contributed by atoms with Gasteiger partial charge in [0.15, 0.2) is 12.2 Å². The molecule has 0 aliphatic rings. The van der Waals surface area contributed by atoms with Gasteiger partial charge in [0.2, 0.25) is 0 Å². The maximum atomic E-state index is 12.9. The van der Waals surface area contributed by atoms with Crippen LogP contribution < -0.4 is 0 Å². The Hall–Kier alpha value is -1.94. The zero-order valence-corrected chi connectivity index (χ0v) is 52.8. The first-order valence-corrected chi connectivity index (χ1v) is 35.3. The Labute approximate surface area is 486 Å². The van der Waals surface area contributed by atoms with E-state index in [1.807, 2.05) is 6.92 Å².